The smallest absolute Gasteiger partial charge is 0.266 e. The molecule has 2 N–H and O–H groups in total. The van der Waals surface area contributed by atoms with Crippen LogP contribution in [-0.2, 0) is 26.7 Å². The molecule has 0 spiro atoms. The van der Waals surface area contributed by atoms with E-state index >= 15 is 0 Å². The average molecular weight is 672 g/mol. The lowest BCUT2D eigenvalue weighted by Crippen LogP contribution is -2.27. The van der Waals surface area contributed by atoms with E-state index in [1.807, 2.05) is 104 Å². The second-order valence-electron chi connectivity index (χ2n) is 11.2. The van der Waals surface area contributed by atoms with Gasteiger partial charge in [0.1, 0.15) is 11.3 Å². The van der Waals surface area contributed by atoms with Crippen molar-refractivity contribution in [1.82, 2.24) is 0 Å². The number of allylic oxidation sites excluding steroid dienone is 2. The number of hydrogen-bond donors (Lipinski definition) is 2. The van der Waals surface area contributed by atoms with Crippen molar-refractivity contribution in [3.63, 3.8) is 0 Å². The molecule has 1 aliphatic rings. The maximum absolute atomic E-state index is 11.8. The molecule has 1 aromatic heterocycles. The molecular weight excluding hydrogens is 639 g/mol. The number of hydrogen-bond acceptors (Lipinski definition) is 7. The lowest BCUT2D eigenvalue weighted by atomic mass is 10.0. The zero-order valence-electron chi connectivity index (χ0n) is 25.5. The van der Waals surface area contributed by atoms with Gasteiger partial charge >= 0.3 is 0 Å². The number of benzene rings is 4. The van der Waals surface area contributed by atoms with E-state index in [1.165, 1.54) is 0 Å². The highest BCUT2D eigenvalue weighted by atomic mass is 32.2. The van der Waals surface area contributed by atoms with Gasteiger partial charge in [-0.3, -0.25) is 9.11 Å². The van der Waals surface area contributed by atoms with E-state index in [4.69, 9.17) is 9.15 Å². The standard InChI is InChI=1S/C36H33NO8S2/c1-2-25(21-35-30(17-19-46(38,39)40)31-23-28(13-15-33(31)44-35)26-9-5-3-6-10-26)22-36-37(18-20-47(41,42)43)32-24-29(14-16-34(32)45-36)27-11-7-4-8-12-27/h3-16,21-24H,2,17-20H2,1H3,(H,38,39,40)(H,41,42,43)/b25-21-,36-22-. The van der Waals surface area contributed by atoms with Gasteiger partial charge in [0, 0.05) is 23.6 Å². The minimum absolute atomic E-state index is 0.0220. The van der Waals surface area contributed by atoms with Gasteiger partial charge in [-0.1, -0.05) is 79.7 Å². The Morgan fingerprint density at radius 3 is 2.00 bits per heavy atom. The van der Waals surface area contributed by atoms with Gasteiger partial charge in [-0.05, 0) is 71.0 Å². The first-order valence-corrected chi connectivity index (χ1v) is 18.3. The molecule has 4 aromatic carbocycles. The predicted octanol–water partition coefficient (Wildman–Crippen LogP) is 7.62. The fourth-order valence-corrected chi connectivity index (χ4v) is 6.49. The van der Waals surface area contributed by atoms with E-state index in [9.17, 15) is 25.9 Å². The van der Waals surface area contributed by atoms with Crippen molar-refractivity contribution in [2.45, 2.75) is 19.8 Å². The predicted molar refractivity (Wildman–Crippen MR) is 184 cm³/mol. The van der Waals surface area contributed by atoms with Gasteiger partial charge in [0.15, 0.2) is 5.75 Å². The summed E-state index contributed by atoms with van der Waals surface area (Å²) in [7, 11) is -8.52. The Hall–Kier alpha value is -4.68. The molecular formula is C36H33NO8S2. The van der Waals surface area contributed by atoms with Crippen molar-refractivity contribution < 1.29 is 35.1 Å². The monoisotopic (exact) mass is 671 g/mol. The van der Waals surface area contributed by atoms with Crippen LogP contribution in [-0.4, -0.2) is 44.0 Å². The molecule has 0 saturated carbocycles. The Kier molecular flexibility index (Phi) is 9.07. The van der Waals surface area contributed by atoms with E-state index in [0.29, 0.717) is 40.6 Å². The summed E-state index contributed by atoms with van der Waals surface area (Å²) in [6.07, 6.45) is 4.13. The number of furan rings is 1. The van der Waals surface area contributed by atoms with E-state index in [1.54, 1.807) is 17.1 Å². The molecule has 5 aromatic rings. The first-order valence-electron chi connectivity index (χ1n) is 15.1. The van der Waals surface area contributed by atoms with Gasteiger partial charge in [0.2, 0.25) is 5.88 Å². The molecule has 11 heteroatoms. The van der Waals surface area contributed by atoms with Crippen LogP contribution in [0.25, 0.3) is 39.3 Å². The highest BCUT2D eigenvalue weighted by Crippen LogP contribution is 2.42. The van der Waals surface area contributed by atoms with E-state index in [2.05, 4.69) is 0 Å². The maximum Gasteiger partial charge on any atom is 0.266 e. The normalized spacial score (nSPS) is 14.5. The highest BCUT2D eigenvalue weighted by molar-refractivity contribution is 7.86. The van der Waals surface area contributed by atoms with Crippen LogP contribution in [0, 0.1) is 0 Å². The van der Waals surface area contributed by atoms with Crippen molar-refractivity contribution in [2.24, 2.45) is 0 Å². The van der Waals surface area contributed by atoms with Crippen LogP contribution >= 0.6 is 0 Å². The number of nitrogens with zero attached hydrogens (tertiary/aromatic N) is 1. The van der Waals surface area contributed by atoms with Crippen molar-refractivity contribution in [1.29, 1.82) is 0 Å². The van der Waals surface area contributed by atoms with Crippen LogP contribution in [0.3, 0.4) is 0 Å². The molecule has 0 radical (unpaired) electrons. The average Bonchev–Trinajstić information content (AvgIpc) is 3.58. The lowest BCUT2D eigenvalue weighted by molar-refractivity contribution is 0.438. The van der Waals surface area contributed by atoms with Crippen LogP contribution in [0.4, 0.5) is 5.69 Å². The number of anilines is 1. The Labute approximate surface area is 273 Å². The molecule has 0 amide bonds. The van der Waals surface area contributed by atoms with Crippen molar-refractivity contribution >= 4 is 43.0 Å². The summed E-state index contributed by atoms with van der Waals surface area (Å²) in [5.74, 6) is 0.346. The third kappa shape index (κ3) is 7.66. The summed E-state index contributed by atoms with van der Waals surface area (Å²) in [5, 5.41) is 0.733. The van der Waals surface area contributed by atoms with Gasteiger partial charge in [-0.2, -0.15) is 16.8 Å². The molecule has 242 valence electrons. The fraction of sp³-hybridized carbons (Fsp3) is 0.167. The van der Waals surface area contributed by atoms with E-state index in [-0.39, 0.29) is 13.0 Å². The second kappa shape index (κ2) is 13.2. The Morgan fingerprint density at radius 2 is 1.38 bits per heavy atom. The van der Waals surface area contributed by atoms with Crippen LogP contribution in [0.5, 0.6) is 5.75 Å². The molecule has 0 aliphatic carbocycles. The first kappa shape index (κ1) is 32.3. The quantitative estimate of drug-likeness (QED) is 0.136. The van der Waals surface area contributed by atoms with Crippen LogP contribution in [0.1, 0.15) is 24.7 Å². The van der Waals surface area contributed by atoms with Crippen molar-refractivity contribution in [3.05, 3.63) is 126 Å². The number of fused-ring (bicyclic) bond motifs is 2. The Bertz CT molecular complexity index is 2210. The molecule has 0 bridgehead atoms. The third-order valence-electron chi connectivity index (χ3n) is 7.98. The van der Waals surface area contributed by atoms with Gasteiger partial charge in [-0.25, -0.2) is 0 Å². The maximum atomic E-state index is 11.8. The van der Waals surface area contributed by atoms with Gasteiger partial charge < -0.3 is 14.1 Å². The third-order valence-corrected chi connectivity index (χ3v) is 9.40. The van der Waals surface area contributed by atoms with Crippen molar-refractivity contribution in [2.75, 3.05) is 23.0 Å². The number of aryl methyl sites for hydroxylation is 1. The minimum atomic E-state index is -4.27. The molecule has 0 saturated heterocycles. The topological polar surface area (TPSA) is 134 Å². The summed E-state index contributed by atoms with van der Waals surface area (Å²) in [4.78, 5) is 1.71. The summed E-state index contributed by atoms with van der Waals surface area (Å²) in [6.45, 7) is 1.88. The van der Waals surface area contributed by atoms with Crippen LogP contribution in [0.2, 0.25) is 0 Å². The molecule has 6 rings (SSSR count). The van der Waals surface area contributed by atoms with Gasteiger partial charge in [-0.15, -0.1) is 0 Å². The zero-order valence-corrected chi connectivity index (χ0v) is 27.2. The summed E-state index contributed by atoms with van der Waals surface area (Å²) >= 11 is 0. The molecule has 2 heterocycles. The minimum Gasteiger partial charge on any atom is -0.456 e. The molecule has 47 heavy (non-hydrogen) atoms. The SMILES string of the molecule is CCC(=C/c1oc2ccc(-c3ccccc3)cc2c1CCS(=O)(=O)O)/C=C1\Oc2ccc(-c3ccccc3)cc2N1CCS(=O)(=O)O. The van der Waals surface area contributed by atoms with Crippen LogP contribution < -0.4 is 9.64 Å². The fourth-order valence-electron chi connectivity index (χ4n) is 5.61. The van der Waals surface area contributed by atoms with Gasteiger partial charge in [0.25, 0.3) is 20.2 Å². The largest absolute Gasteiger partial charge is 0.456 e. The molecule has 0 unspecified atom stereocenters. The molecule has 0 fully saturated rings. The molecule has 1 aliphatic heterocycles. The molecule has 0 atom stereocenters. The molecule has 9 nitrogen and oxygen atoms in total. The number of rotatable bonds is 11. The van der Waals surface area contributed by atoms with E-state index in [0.717, 1.165) is 33.2 Å². The highest BCUT2D eigenvalue weighted by Gasteiger charge is 2.28. The van der Waals surface area contributed by atoms with Crippen LogP contribution in [0.15, 0.2) is 119 Å². The van der Waals surface area contributed by atoms with Gasteiger partial charge in [0.05, 0.1) is 17.2 Å². The first-order chi connectivity index (χ1) is 22.5. The summed E-state index contributed by atoms with van der Waals surface area (Å²) in [5.41, 5.74) is 6.43. The summed E-state index contributed by atoms with van der Waals surface area (Å²) < 4.78 is 78.7. The van der Waals surface area contributed by atoms with Crippen molar-refractivity contribution in [3.8, 4) is 28.0 Å². The Morgan fingerprint density at radius 1 is 0.766 bits per heavy atom. The zero-order chi connectivity index (χ0) is 33.2. The van der Waals surface area contributed by atoms with E-state index < -0.39 is 31.7 Å². The Balaban J connectivity index is 1.42. The summed E-state index contributed by atoms with van der Waals surface area (Å²) in [6, 6.07) is 30.9. The second-order valence-corrected chi connectivity index (χ2v) is 14.3. The lowest BCUT2D eigenvalue weighted by Gasteiger charge is -2.18. The number of ether oxygens (including phenoxy) is 1.